The highest BCUT2D eigenvalue weighted by atomic mass is 35.5. The largest absolute Gasteiger partial charge is 0.488 e. The molecular formula is C20H24Cl2N2O2. The second-order valence-electron chi connectivity index (χ2n) is 6.58. The minimum Gasteiger partial charge on any atom is -0.488 e. The van der Waals surface area contributed by atoms with Crippen molar-refractivity contribution >= 4 is 23.2 Å². The van der Waals surface area contributed by atoms with E-state index in [-0.39, 0.29) is 6.61 Å². The van der Waals surface area contributed by atoms with Crippen LogP contribution in [0.5, 0.6) is 5.75 Å². The summed E-state index contributed by atoms with van der Waals surface area (Å²) in [5, 5.41) is 11.2. The van der Waals surface area contributed by atoms with Gasteiger partial charge in [-0.1, -0.05) is 59.6 Å². The van der Waals surface area contributed by atoms with Crippen LogP contribution in [0.15, 0.2) is 48.5 Å². The van der Waals surface area contributed by atoms with E-state index in [4.69, 9.17) is 27.9 Å². The number of halogens is 2. The Morgan fingerprint density at radius 3 is 2.15 bits per heavy atom. The molecule has 1 aliphatic heterocycles. The normalized spacial score (nSPS) is 17.2. The molecule has 2 aromatic carbocycles. The monoisotopic (exact) mass is 394 g/mol. The summed E-state index contributed by atoms with van der Waals surface area (Å²) in [6.45, 7) is 5.62. The molecule has 1 N–H and O–H groups in total. The molecule has 0 bridgehead atoms. The van der Waals surface area contributed by atoms with Gasteiger partial charge >= 0.3 is 0 Å². The van der Waals surface area contributed by atoms with Crippen LogP contribution in [0.4, 0.5) is 0 Å². The summed E-state index contributed by atoms with van der Waals surface area (Å²) in [7, 11) is 0. The fraction of sp³-hybridized carbons (Fsp3) is 0.400. The van der Waals surface area contributed by atoms with Crippen LogP contribution < -0.4 is 4.74 Å². The summed E-state index contributed by atoms with van der Waals surface area (Å²) in [5.41, 5.74) is 1.34. The molecule has 3 rings (SSSR count). The van der Waals surface area contributed by atoms with E-state index in [1.54, 1.807) is 18.2 Å². The van der Waals surface area contributed by atoms with Crippen LogP contribution in [-0.2, 0) is 6.54 Å². The van der Waals surface area contributed by atoms with E-state index < -0.39 is 6.10 Å². The molecule has 0 aromatic heterocycles. The fourth-order valence-corrected chi connectivity index (χ4v) is 3.63. The van der Waals surface area contributed by atoms with E-state index >= 15 is 0 Å². The lowest BCUT2D eigenvalue weighted by atomic mass is 10.2. The fourth-order valence-electron chi connectivity index (χ4n) is 3.12. The number of aliphatic hydroxyl groups is 1. The van der Waals surface area contributed by atoms with Crippen LogP contribution in [0.2, 0.25) is 10.0 Å². The van der Waals surface area contributed by atoms with Gasteiger partial charge in [-0.05, 0) is 17.7 Å². The first-order valence-corrected chi connectivity index (χ1v) is 9.61. The van der Waals surface area contributed by atoms with Crippen molar-refractivity contribution in [2.24, 2.45) is 0 Å². The molecule has 2 aromatic rings. The van der Waals surface area contributed by atoms with Crippen molar-refractivity contribution in [1.29, 1.82) is 0 Å². The number of piperazine rings is 1. The first-order valence-electron chi connectivity index (χ1n) is 8.85. The number of para-hydroxylation sites is 1. The first kappa shape index (κ1) is 19.5. The molecule has 1 unspecified atom stereocenters. The molecular weight excluding hydrogens is 371 g/mol. The highest BCUT2D eigenvalue weighted by Crippen LogP contribution is 2.32. The molecule has 0 spiro atoms. The van der Waals surface area contributed by atoms with Crippen molar-refractivity contribution in [3.05, 3.63) is 64.1 Å². The van der Waals surface area contributed by atoms with Crippen molar-refractivity contribution < 1.29 is 9.84 Å². The number of hydrogen-bond donors (Lipinski definition) is 1. The zero-order chi connectivity index (χ0) is 18.4. The Morgan fingerprint density at radius 2 is 1.50 bits per heavy atom. The third kappa shape index (κ3) is 5.60. The van der Waals surface area contributed by atoms with Gasteiger partial charge in [0, 0.05) is 39.3 Å². The van der Waals surface area contributed by atoms with E-state index in [0.29, 0.717) is 22.3 Å². The van der Waals surface area contributed by atoms with Crippen molar-refractivity contribution in [3.8, 4) is 5.75 Å². The number of benzene rings is 2. The number of nitrogens with zero attached hydrogens (tertiary/aromatic N) is 2. The van der Waals surface area contributed by atoms with Crippen molar-refractivity contribution in [2.45, 2.75) is 12.6 Å². The summed E-state index contributed by atoms with van der Waals surface area (Å²) < 4.78 is 5.62. The molecule has 0 aliphatic carbocycles. The maximum absolute atomic E-state index is 10.3. The molecule has 1 atom stereocenters. The van der Waals surface area contributed by atoms with Gasteiger partial charge in [0.1, 0.15) is 12.7 Å². The predicted octanol–water partition coefficient (Wildman–Crippen LogP) is 3.55. The molecule has 0 saturated carbocycles. The van der Waals surface area contributed by atoms with Crippen molar-refractivity contribution in [3.63, 3.8) is 0 Å². The van der Waals surface area contributed by atoms with E-state index in [1.807, 2.05) is 6.07 Å². The van der Waals surface area contributed by atoms with Crippen LogP contribution in [0.25, 0.3) is 0 Å². The molecule has 0 radical (unpaired) electrons. The number of β-amino-alcohol motifs (C(OH)–C–C–N with tert-alkyl or cyclic N) is 1. The van der Waals surface area contributed by atoms with Gasteiger partial charge in [-0.25, -0.2) is 0 Å². The maximum Gasteiger partial charge on any atom is 0.156 e. The van der Waals surface area contributed by atoms with Gasteiger partial charge in [0.25, 0.3) is 0 Å². The SMILES string of the molecule is OC(COc1c(Cl)cccc1Cl)CN1CCN(Cc2ccccc2)CC1. The zero-order valence-corrected chi connectivity index (χ0v) is 16.2. The maximum atomic E-state index is 10.3. The molecule has 140 valence electrons. The van der Waals surface area contributed by atoms with E-state index in [9.17, 15) is 5.11 Å². The summed E-state index contributed by atoms with van der Waals surface area (Å²) in [6, 6.07) is 15.7. The lowest BCUT2D eigenvalue weighted by Gasteiger charge is -2.35. The number of hydrogen-bond acceptors (Lipinski definition) is 4. The van der Waals surface area contributed by atoms with Crippen LogP contribution in [-0.4, -0.2) is 60.3 Å². The van der Waals surface area contributed by atoms with Gasteiger partial charge in [-0.3, -0.25) is 9.80 Å². The van der Waals surface area contributed by atoms with Crippen molar-refractivity contribution in [2.75, 3.05) is 39.3 Å². The summed E-state index contributed by atoms with van der Waals surface area (Å²) >= 11 is 12.2. The number of ether oxygens (including phenoxy) is 1. The van der Waals surface area contributed by atoms with Crippen LogP contribution in [0.1, 0.15) is 5.56 Å². The number of aliphatic hydroxyl groups excluding tert-OH is 1. The zero-order valence-electron chi connectivity index (χ0n) is 14.7. The first-order chi connectivity index (χ1) is 12.6. The Bertz CT molecular complexity index is 671. The Kier molecular flexibility index (Phi) is 7.17. The van der Waals surface area contributed by atoms with Gasteiger partial charge in [-0.15, -0.1) is 0 Å². The number of rotatable bonds is 7. The molecule has 4 nitrogen and oxygen atoms in total. The van der Waals surface area contributed by atoms with E-state index in [0.717, 1.165) is 32.7 Å². The van der Waals surface area contributed by atoms with Gasteiger partial charge < -0.3 is 9.84 Å². The third-order valence-electron chi connectivity index (χ3n) is 4.52. The molecule has 1 aliphatic rings. The Labute approximate surface area is 164 Å². The topological polar surface area (TPSA) is 35.9 Å². The lowest BCUT2D eigenvalue weighted by molar-refractivity contribution is 0.0447. The molecule has 0 amide bonds. The minimum absolute atomic E-state index is 0.174. The summed E-state index contributed by atoms with van der Waals surface area (Å²) in [4.78, 5) is 4.71. The van der Waals surface area contributed by atoms with Crippen LogP contribution >= 0.6 is 23.2 Å². The molecule has 1 heterocycles. The van der Waals surface area contributed by atoms with E-state index in [2.05, 4.69) is 34.1 Å². The van der Waals surface area contributed by atoms with Gasteiger partial charge in [0.05, 0.1) is 10.0 Å². The van der Waals surface area contributed by atoms with Crippen LogP contribution in [0, 0.1) is 0 Å². The van der Waals surface area contributed by atoms with Crippen molar-refractivity contribution in [1.82, 2.24) is 9.80 Å². The summed E-state index contributed by atoms with van der Waals surface area (Å²) in [5.74, 6) is 0.433. The average molecular weight is 395 g/mol. The predicted molar refractivity (Wildman–Crippen MR) is 106 cm³/mol. The average Bonchev–Trinajstić information content (AvgIpc) is 2.64. The molecule has 1 fully saturated rings. The van der Waals surface area contributed by atoms with Gasteiger partial charge in [0.2, 0.25) is 0 Å². The Balaban J connectivity index is 1.40. The Morgan fingerprint density at radius 1 is 0.885 bits per heavy atom. The van der Waals surface area contributed by atoms with Gasteiger partial charge in [-0.2, -0.15) is 0 Å². The highest BCUT2D eigenvalue weighted by molar-refractivity contribution is 6.37. The minimum atomic E-state index is -0.581. The van der Waals surface area contributed by atoms with Gasteiger partial charge in [0.15, 0.2) is 5.75 Å². The standard InChI is InChI=1S/C20H24Cl2N2O2/c21-18-7-4-8-19(22)20(18)26-15-17(25)14-24-11-9-23(10-12-24)13-16-5-2-1-3-6-16/h1-8,17,25H,9-15H2. The molecule has 6 heteroatoms. The second-order valence-corrected chi connectivity index (χ2v) is 7.39. The molecule has 1 saturated heterocycles. The second kappa shape index (κ2) is 9.58. The quantitative estimate of drug-likeness (QED) is 0.778. The van der Waals surface area contributed by atoms with Crippen LogP contribution in [0.3, 0.4) is 0 Å². The Hall–Kier alpha value is -1.30. The molecule has 26 heavy (non-hydrogen) atoms. The van der Waals surface area contributed by atoms with E-state index in [1.165, 1.54) is 5.56 Å². The highest BCUT2D eigenvalue weighted by Gasteiger charge is 2.20. The summed E-state index contributed by atoms with van der Waals surface area (Å²) in [6.07, 6.45) is -0.581. The lowest BCUT2D eigenvalue weighted by Crippen LogP contribution is -2.48. The third-order valence-corrected chi connectivity index (χ3v) is 5.12. The smallest absolute Gasteiger partial charge is 0.156 e.